The number of benzene rings is 1. The molecule has 0 aliphatic rings. The maximum Gasteiger partial charge on any atom is 0.270 e. The van der Waals surface area contributed by atoms with Crippen LogP contribution >= 0.6 is 0 Å². The summed E-state index contributed by atoms with van der Waals surface area (Å²) >= 11 is 0. The number of hydrogen-bond acceptors (Lipinski definition) is 5. The third-order valence-electron chi connectivity index (χ3n) is 2.72. The highest BCUT2D eigenvalue weighted by Crippen LogP contribution is 2.24. The fourth-order valence-corrected chi connectivity index (χ4v) is 1.62. The van der Waals surface area contributed by atoms with E-state index < -0.39 is 4.92 Å². The van der Waals surface area contributed by atoms with Crippen molar-refractivity contribution in [2.45, 2.75) is 13.2 Å². The first-order valence-electron chi connectivity index (χ1n) is 5.58. The van der Waals surface area contributed by atoms with E-state index >= 15 is 0 Å². The van der Waals surface area contributed by atoms with Crippen LogP contribution < -0.4 is 4.74 Å². The first kappa shape index (κ1) is 13.0. The Morgan fingerprint density at radius 1 is 1.53 bits per heavy atom. The number of aryl methyl sites for hydroxylation is 1. The minimum atomic E-state index is -0.510. The largest absolute Gasteiger partial charge is 0.487 e. The third kappa shape index (κ3) is 2.89. The molecule has 0 fully saturated rings. The second kappa shape index (κ2) is 5.49. The first-order valence-corrected chi connectivity index (χ1v) is 5.58. The second-order valence-corrected chi connectivity index (χ2v) is 3.99. The van der Waals surface area contributed by atoms with Crippen molar-refractivity contribution in [3.63, 3.8) is 0 Å². The molecule has 2 aromatic rings. The lowest BCUT2D eigenvalue weighted by atomic mass is 10.2. The molecule has 7 nitrogen and oxygen atoms in total. The minimum Gasteiger partial charge on any atom is -0.487 e. The van der Waals surface area contributed by atoms with Crippen LogP contribution in [0.25, 0.3) is 0 Å². The summed E-state index contributed by atoms with van der Waals surface area (Å²) in [5, 5.41) is 19.9. The van der Waals surface area contributed by atoms with E-state index in [-0.39, 0.29) is 18.9 Å². The topological polar surface area (TPSA) is 90.4 Å². The van der Waals surface area contributed by atoms with Crippen LogP contribution in [0.4, 0.5) is 5.69 Å². The van der Waals surface area contributed by atoms with Crippen molar-refractivity contribution in [3.8, 4) is 5.75 Å². The number of hydrogen-bond donors (Lipinski definition) is 1. The second-order valence-electron chi connectivity index (χ2n) is 3.99. The summed E-state index contributed by atoms with van der Waals surface area (Å²) in [6.07, 6.45) is 3.32. The van der Waals surface area contributed by atoms with Crippen molar-refractivity contribution in [1.82, 2.24) is 9.55 Å². The van der Waals surface area contributed by atoms with Crippen molar-refractivity contribution < 1.29 is 14.8 Å². The van der Waals surface area contributed by atoms with E-state index in [1.165, 1.54) is 18.2 Å². The maximum atomic E-state index is 10.6. The Balaban J connectivity index is 2.16. The van der Waals surface area contributed by atoms with E-state index in [1.807, 2.05) is 11.6 Å². The van der Waals surface area contributed by atoms with Crippen LogP contribution in [0.15, 0.2) is 30.7 Å². The van der Waals surface area contributed by atoms with Crippen molar-refractivity contribution in [1.29, 1.82) is 0 Å². The van der Waals surface area contributed by atoms with Gasteiger partial charge in [-0.25, -0.2) is 4.98 Å². The van der Waals surface area contributed by atoms with E-state index in [0.29, 0.717) is 11.3 Å². The average Bonchev–Trinajstić information content (AvgIpc) is 2.81. The lowest BCUT2D eigenvalue weighted by Crippen LogP contribution is -2.03. The van der Waals surface area contributed by atoms with Gasteiger partial charge in [-0.2, -0.15) is 0 Å². The van der Waals surface area contributed by atoms with Gasteiger partial charge >= 0.3 is 0 Å². The number of imidazole rings is 1. The zero-order valence-electron chi connectivity index (χ0n) is 10.3. The average molecular weight is 263 g/mol. The number of aromatic nitrogens is 2. The molecule has 0 amide bonds. The molecule has 0 aliphatic heterocycles. The molecule has 0 saturated carbocycles. The Hall–Kier alpha value is -2.41. The number of nitro groups is 1. The molecule has 100 valence electrons. The Kier molecular flexibility index (Phi) is 3.76. The molecule has 0 saturated heterocycles. The molecular formula is C12H13N3O4. The van der Waals surface area contributed by atoms with Crippen LogP contribution in [-0.4, -0.2) is 19.6 Å². The lowest BCUT2D eigenvalue weighted by Gasteiger charge is -2.10. The number of nitro benzene ring substituents is 1. The molecule has 0 bridgehead atoms. The summed E-state index contributed by atoms with van der Waals surface area (Å²) in [5.41, 5.74) is 1.18. The fourth-order valence-electron chi connectivity index (χ4n) is 1.62. The van der Waals surface area contributed by atoms with Gasteiger partial charge in [-0.15, -0.1) is 0 Å². The predicted octanol–water partition coefficient (Wildman–Crippen LogP) is 1.40. The number of aliphatic hydroxyl groups is 1. The fraction of sp³-hybridized carbons (Fsp3) is 0.250. The van der Waals surface area contributed by atoms with Gasteiger partial charge < -0.3 is 14.4 Å². The van der Waals surface area contributed by atoms with Gasteiger partial charge in [-0.3, -0.25) is 10.1 Å². The molecule has 1 aromatic carbocycles. The minimum absolute atomic E-state index is 0.0723. The lowest BCUT2D eigenvalue weighted by molar-refractivity contribution is -0.385. The number of aliphatic hydroxyl groups excluding tert-OH is 1. The van der Waals surface area contributed by atoms with E-state index in [9.17, 15) is 15.2 Å². The van der Waals surface area contributed by atoms with Gasteiger partial charge in [-0.05, 0) is 6.07 Å². The molecule has 0 spiro atoms. The summed E-state index contributed by atoms with van der Waals surface area (Å²) in [5.74, 6) is 0.425. The van der Waals surface area contributed by atoms with Crippen LogP contribution in [0.5, 0.6) is 5.75 Å². The van der Waals surface area contributed by atoms with Gasteiger partial charge in [0.1, 0.15) is 12.4 Å². The van der Waals surface area contributed by atoms with Gasteiger partial charge in [0, 0.05) is 24.7 Å². The van der Waals surface area contributed by atoms with Gasteiger partial charge in [0.15, 0.2) is 0 Å². The summed E-state index contributed by atoms with van der Waals surface area (Å²) in [6.45, 7) is -0.0380. The maximum absolute atomic E-state index is 10.6. The SMILES string of the molecule is Cn1cncc1COc1ccc([N+](=O)[O-])cc1CO. The standard InChI is InChI=1S/C12H13N3O4/c1-14-8-13-5-11(14)7-19-12-3-2-10(15(17)18)4-9(12)6-16/h2-5,8,16H,6-7H2,1H3. The normalized spacial score (nSPS) is 10.4. The highest BCUT2D eigenvalue weighted by Gasteiger charge is 2.11. The quantitative estimate of drug-likeness (QED) is 0.650. The number of non-ortho nitro benzene ring substituents is 1. The van der Waals surface area contributed by atoms with Crippen molar-refractivity contribution >= 4 is 5.69 Å². The Bertz CT molecular complexity index is 594. The van der Waals surface area contributed by atoms with Crippen molar-refractivity contribution in [2.75, 3.05) is 0 Å². The Morgan fingerprint density at radius 3 is 2.89 bits per heavy atom. The van der Waals surface area contributed by atoms with Crippen LogP contribution in [0, 0.1) is 10.1 Å². The third-order valence-corrected chi connectivity index (χ3v) is 2.72. The summed E-state index contributed by atoms with van der Waals surface area (Å²) in [7, 11) is 1.84. The van der Waals surface area contributed by atoms with E-state index in [4.69, 9.17) is 4.74 Å². The van der Waals surface area contributed by atoms with Crippen LogP contribution in [0.3, 0.4) is 0 Å². The smallest absolute Gasteiger partial charge is 0.270 e. The molecule has 0 radical (unpaired) electrons. The Labute approximate surface area is 109 Å². The van der Waals surface area contributed by atoms with Crippen LogP contribution in [-0.2, 0) is 20.3 Å². The summed E-state index contributed by atoms with van der Waals surface area (Å²) in [6, 6.07) is 4.14. The number of rotatable bonds is 5. The van der Waals surface area contributed by atoms with Gasteiger partial charge in [0.25, 0.3) is 5.69 Å². The molecule has 2 rings (SSSR count). The Morgan fingerprint density at radius 2 is 2.32 bits per heavy atom. The van der Waals surface area contributed by atoms with Crippen LogP contribution in [0.1, 0.15) is 11.3 Å². The van der Waals surface area contributed by atoms with Gasteiger partial charge in [0.05, 0.1) is 29.7 Å². The predicted molar refractivity (Wildman–Crippen MR) is 66.6 cm³/mol. The number of nitrogens with zero attached hydrogens (tertiary/aromatic N) is 3. The molecule has 7 heteroatoms. The van der Waals surface area contributed by atoms with Crippen LogP contribution in [0.2, 0.25) is 0 Å². The highest BCUT2D eigenvalue weighted by molar-refractivity contribution is 5.43. The van der Waals surface area contributed by atoms with E-state index in [2.05, 4.69) is 4.98 Å². The molecule has 0 atom stereocenters. The zero-order valence-corrected chi connectivity index (χ0v) is 10.3. The van der Waals surface area contributed by atoms with E-state index in [0.717, 1.165) is 5.69 Å². The molecule has 1 N–H and O–H groups in total. The van der Waals surface area contributed by atoms with E-state index in [1.54, 1.807) is 12.5 Å². The van der Waals surface area contributed by atoms with Gasteiger partial charge in [-0.1, -0.05) is 0 Å². The first-order chi connectivity index (χ1) is 9.11. The molecule has 1 aromatic heterocycles. The summed E-state index contributed by atoms with van der Waals surface area (Å²) in [4.78, 5) is 14.1. The van der Waals surface area contributed by atoms with Crippen molar-refractivity contribution in [2.24, 2.45) is 7.05 Å². The molecule has 0 unspecified atom stereocenters. The molecule has 19 heavy (non-hydrogen) atoms. The number of ether oxygens (including phenoxy) is 1. The molecule has 1 heterocycles. The van der Waals surface area contributed by atoms with Crippen molar-refractivity contribution in [3.05, 3.63) is 52.1 Å². The molecular weight excluding hydrogens is 250 g/mol. The molecule has 0 aliphatic carbocycles. The van der Waals surface area contributed by atoms with Gasteiger partial charge in [0.2, 0.25) is 0 Å². The monoisotopic (exact) mass is 263 g/mol. The zero-order chi connectivity index (χ0) is 13.8. The summed E-state index contributed by atoms with van der Waals surface area (Å²) < 4.78 is 7.35. The highest BCUT2D eigenvalue weighted by atomic mass is 16.6.